The molecule has 1 aromatic rings. The minimum atomic E-state index is -0.392. The van der Waals surface area contributed by atoms with Gasteiger partial charge in [0.25, 0.3) is 0 Å². The van der Waals surface area contributed by atoms with Gasteiger partial charge in [-0.3, -0.25) is 9.59 Å². The van der Waals surface area contributed by atoms with Crippen molar-refractivity contribution in [3.8, 4) is 17.2 Å². The van der Waals surface area contributed by atoms with Gasteiger partial charge in [0.2, 0.25) is 11.7 Å². The Hall–Kier alpha value is -2.44. The minimum absolute atomic E-state index is 0.0539. The molecular weight excluding hydrogens is 302 g/mol. The van der Waals surface area contributed by atoms with E-state index in [1.54, 1.807) is 17.0 Å². The first-order valence-corrected chi connectivity index (χ1v) is 7.29. The summed E-state index contributed by atoms with van der Waals surface area (Å²) in [7, 11) is 4.25. The standard InChI is InChI=1S/C16H21NO6/c1-21-12-6-10(7-13(22-2)15(12)19)4-5-17-9-11(8-14(17)18)16(20)23-3/h6-7,11,19H,4-5,8-9H2,1-3H3. The predicted molar refractivity (Wildman–Crippen MR) is 81.6 cm³/mol. The van der Waals surface area contributed by atoms with E-state index in [1.807, 2.05) is 0 Å². The van der Waals surface area contributed by atoms with Crippen LogP contribution in [-0.4, -0.2) is 56.3 Å². The Bertz CT molecular complexity index is 575. The molecule has 1 aliphatic rings. The van der Waals surface area contributed by atoms with Crippen LogP contribution >= 0.6 is 0 Å². The predicted octanol–water partition coefficient (Wildman–Crippen LogP) is 0.973. The fraction of sp³-hybridized carbons (Fsp3) is 0.500. The first-order chi connectivity index (χ1) is 11.0. The quantitative estimate of drug-likeness (QED) is 0.785. The number of amides is 1. The minimum Gasteiger partial charge on any atom is -0.502 e. The normalized spacial score (nSPS) is 17.3. The maximum absolute atomic E-state index is 12.0. The molecule has 7 heteroatoms. The highest BCUT2D eigenvalue weighted by Crippen LogP contribution is 2.37. The molecule has 1 N–H and O–H groups in total. The smallest absolute Gasteiger partial charge is 0.310 e. The number of methoxy groups -OCH3 is 3. The highest BCUT2D eigenvalue weighted by molar-refractivity contribution is 5.86. The van der Waals surface area contributed by atoms with Gasteiger partial charge >= 0.3 is 5.97 Å². The molecule has 23 heavy (non-hydrogen) atoms. The molecule has 2 rings (SSSR count). The number of nitrogens with zero attached hydrogens (tertiary/aromatic N) is 1. The highest BCUT2D eigenvalue weighted by atomic mass is 16.5. The van der Waals surface area contributed by atoms with E-state index in [0.29, 0.717) is 31.0 Å². The van der Waals surface area contributed by atoms with Crippen molar-refractivity contribution in [3.05, 3.63) is 17.7 Å². The van der Waals surface area contributed by atoms with Crippen LogP contribution in [0.25, 0.3) is 0 Å². The summed E-state index contributed by atoms with van der Waals surface area (Å²) < 4.78 is 14.9. The number of likely N-dealkylation sites (tertiary alicyclic amines) is 1. The summed E-state index contributed by atoms with van der Waals surface area (Å²) >= 11 is 0. The van der Waals surface area contributed by atoms with Gasteiger partial charge in [-0.05, 0) is 24.1 Å². The van der Waals surface area contributed by atoms with Gasteiger partial charge in [0.15, 0.2) is 11.5 Å². The Morgan fingerprint density at radius 3 is 2.39 bits per heavy atom. The summed E-state index contributed by atoms with van der Waals surface area (Å²) in [5.74, 6) is -0.218. The molecule has 0 spiro atoms. The number of aromatic hydroxyl groups is 1. The Morgan fingerprint density at radius 2 is 1.87 bits per heavy atom. The molecule has 1 aliphatic heterocycles. The van der Waals surface area contributed by atoms with E-state index < -0.39 is 5.92 Å². The largest absolute Gasteiger partial charge is 0.502 e. The summed E-state index contributed by atoms with van der Waals surface area (Å²) in [4.78, 5) is 25.1. The monoisotopic (exact) mass is 323 g/mol. The van der Waals surface area contributed by atoms with Gasteiger partial charge in [-0.1, -0.05) is 0 Å². The Morgan fingerprint density at radius 1 is 1.26 bits per heavy atom. The van der Waals surface area contributed by atoms with E-state index in [9.17, 15) is 14.7 Å². The van der Waals surface area contributed by atoms with E-state index >= 15 is 0 Å². The van der Waals surface area contributed by atoms with Crippen LogP contribution in [0.4, 0.5) is 0 Å². The van der Waals surface area contributed by atoms with Crippen LogP contribution in [0.2, 0.25) is 0 Å². The number of esters is 1. The molecule has 7 nitrogen and oxygen atoms in total. The van der Waals surface area contributed by atoms with E-state index in [-0.39, 0.29) is 24.0 Å². The van der Waals surface area contributed by atoms with Crippen molar-refractivity contribution in [1.29, 1.82) is 0 Å². The Balaban J connectivity index is 2.04. The average Bonchev–Trinajstić information content (AvgIpc) is 2.94. The maximum atomic E-state index is 12.0. The zero-order valence-corrected chi connectivity index (χ0v) is 13.5. The van der Waals surface area contributed by atoms with Gasteiger partial charge in [0.05, 0.1) is 27.2 Å². The lowest BCUT2D eigenvalue weighted by Crippen LogP contribution is -2.28. The summed E-state index contributed by atoms with van der Waals surface area (Å²) in [6, 6.07) is 3.41. The first kappa shape index (κ1) is 16.9. The number of hydrogen-bond donors (Lipinski definition) is 1. The number of carbonyl (C=O) groups is 2. The molecule has 1 atom stereocenters. The number of rotatable bonds is 6. The molecule has 0 saturated carbocycles. The third kappa shape index (κ3) is 3.67. The van der Waals surface area contributed by atoms with Crippen LogP contribution in [0.1, 0.15) is 12.0 Å². The average molecular weight is 323 g/mol. The molecule has 1 aromatic carbocycles. The Labute approximate surface area is 134 Å². The fourth-order valence-electron chi connectivity index (χ4n) is 2.67. The molecule has 0 radical (unpaired) electrons. The SMILES string of the molecule is COC(=O)C1CC(=O)N(CCc2cc(OC)c(O)c(OC)c2)C1. The van der Waals surface area contributed by atoms with Crippen LogP contribution in [0.15, 0.2) is 12.1 Å². The number of carbonyl (C=O) groups excluding carboxylic acids is 2. The number of phenolic OH excluding ortho intramolecular Hbond substituents is 1. The van der Waals surface area contributed by atoms with Crippen LogP contribution < -0.4 is 9.47 Å². The molecule has 1 amide bonds. The summed E-state index contributed by atoms with van der Waals surface area (Å²) in [5.41, 5.74) is 0.866. The zero-order chi connectivity index (χ0) is 17.0. The zero-order valence-electron chi connectivity index (χ0n) is 13.5. The summed E-state index contributed by atoms with van der Waals surface area (Å²) in [5, 5.41) is 9.89. The van der Waals surface area contributed by atoms with E-state index in [4.69, 9.17) is 9.47 Å². The molecule has 1 fully saturated rings. The van der Waals surface area contributed by atoms with Crippen LogP contribution in [0.5, 0.6) is 17.2 Å². The number of ether oxygens (including phenoxy) is 3. The highest BCUT2D eigenvalue weighted by Gasteiger charge is 2.34. The van der Waals surface area contributed by atoms with Crippen molar-refractivity contribution in [2.75, 3.05) is 34.4 Å². The van der Waals surface area contributed by atoms with Crippen molar-refractivity contribution in [2.24, 2.45) is 5.92 Å². The molecule has 0 aliphatic carbocycles. The maximum Gasteiger partial charge on any atom is 0.310 e. The van der Waals surface area contributed by atoms with Crippen molar-refractivity contribution in [2.45, 2.75) is 12.8 Å². The molecule has 1 heterocycles. The van der Waals surface area contributed by atoms with Crippen LogP contribution in [0, 0.1) is 5.92 Å². The molecule has 1 unspecified atom stereocenters. The van der Waals surface area contributed by atoms with Crippen molar-refractivity contribution in [1.82, 2.24) is 4.90 Å². The van der Waals surface area contributed by atoms with Crippen LogP contribution in [-0.2, 0) is 20.7 Å². The third-order valence-electron chi connectivity index (χ3n) is 3.96. The molecule has 126 valence electrons. The first-order valence-electron chi connectivity index (χ1n) is 7.29. The molecule has 1 saturated heterocycles. The number of phenols is 1. The Kier molecular flexibility index (Phi) is 5.31. The topological polar surface area (TPSA) is 85.3 Å². The van der Waals surface area contributed by atoms with Gasteiger partial charge in [0, 0.05) is 19.5 Å². The van der Waals surface area contributed by atoms with Gasteiger partial charge in [-0.2, -0.15) is 0 Å². The van der Waals surface area contributed by atoms with Gasteiger partial charge < -0.3 is 24.2 Å². The van der Waals surface area contributed by atoms with E-state index in [2.05, 4.69) is 4.74 Å². The van der Waals surface area contributed by atoms with E-state index in [1.165, 1.54) is 21.3 Å². The third-order valence-corrected chi connectivity index (χ3v) is 3.96. The van der Waals surface area contributed by atoms with Gasteiger partial charge in [-0.15, -0.1) is 0 Å². The van der Waals surface area contributed by atoms with Gasteiger partial charge in [-0.25, -0.2) is 0 Å². The molecular formula is C16H21NO6. The lowest BCUT2D eigenvalue weighted by atomic mass is 10.1. The van der Waals surface area contributed by atoms with Crippen LogP contribution in [0.3, 0.4) is 0 Å². The van der Waals surface area contributed by atoms with Crippen molar-refractivity contribution < 1.29 is 28.9 Å². The second-order valence-electron chi connectivity index (χ2n) is 5.36. The second-order valence-corrected chi connectivity index (χ2v) is 5.36. The number of hydrogen-bond acceptors (Lipinski definition) is 6. The fourth-order valence-corrected chi connectivity index (χ4v) is 2.67. The van der Waals surface area contributed by atoms with E-state index in [0.717, 1.165) is 5.56 Å². The van der Waals surface area contributed by atoms with Gasteiger partial charge in [0.1, 0.15) is 0 Å². The molecule has 0 aromatic heterocycles. The van der Waals surface area contributed by atoms with Crippen molar-refractivity contribution in [3.63, 3.8) is 0 Å². The number of benzene rings is 1. The lowest BCUT2D eigenvalue weighted by molar-refractivity contribution is -0.145. The molecule has 0 bridgehead atoms. The lowest BCUT2D eigenvalue weighted by Gasteiger charge is -2.17. The summed E-state index contributed by atoms with van der Waals surface area (Å²) in [6.07, 6.45) is 0.752. The summed E-state index contributed by atoms with van der Waals surface area (Å²) in [6.45, 7) is 0.848. The van der Waals surface area contributed by atoms with Crippen molar-refractivity contribution >= 4 is 11.9 Å². The second kappa shape index (κ2) is 7.21.